The maximum absolute atomic E-state index is 11.6. The van der Waals surface area contributed by atoms with Crippen molar-refractivity contribution in [2.45, 2.75) is 26.3 Å². The molecular weight excluding hydrogens is 298 g/mol. The largest absolute Gasteiger partial charge is 0.494 e. The minimum atomic E-state index is -0.154. The first-order valence-electron chi connectivity index (χ1n) is 6.17. The number of carbonyl (C=O) groups is 1. The third-order valence-corrected chi connectivity index (χ3v) is 3.36. The van der Waals surface area contributed by atoms with Crippen molar-refractivity contribution in [1.29, 1.82) is 0 Å². The van der Waals surface area contributed by atoms with Crippen molar-refractivity contribution in [3.05, 3.63) is 18.2 Å². The molecule has 2 aromatic rings. The van der Waals surface area contributed by atoms with Crippen LogP contribution in [-0.2, 0) is 4.79 Å². The topological polar surface area (TPSA) is 77.2 Å². The molecule has 0 saturated carbocycles. The molecule has 2 rings (SSSR count). The molecule has 7 heteroatoms. The van der Waals surface area contributed by atoms with E-state index < -0.39 is 0 Å². The lowest BCUT2D eigenvalue weighted by atomic mass is 10.2. The zero-order valence-electron chi connectivity index (χ0n) is 11.4. The Bertz CT molecular complexity index is 586. The SMILES string of the molecule is CCOc1ccc2nc(NC(=O)CC(C)N)sc2c1.Cl. The second kappa shape index (κ2) is 7.42. The molecule has 3 N–H and O–H groups in total. The monoisotopic (exact) mass is 315 g/mol. The van der Waals surface area contributed by atoms with Gasteiger partial charge in [-0.2, -0.15) is 0 Å². The number of nitrogens with two attached hydrogens (primary N) is 1. The van der Waals surface area contributed by atoms with Crippen LogP contribution in [0.1, 0.15) is 20.3 Å². The molecule has 1 aromatic heterocycles. The number of anilines is 1. The van der Waals surface area contributed by atoms with Gasteiger partial charge in [0.25, 0.3) is 0 Å². The van der Waals surface area contributed by atoms with E-state index >= 15 is 0 Å². The van der Waals surface area contributed by atoms with Gasteiger partial charge in [-0.1, -0.05) is 11.3 Å². The van der Waals surface area contributed by atoms with Gasteiger partial charge in [0.05, 0.1) is 16.8 Å². The summed E-state index contributed by atoms with van der Waals surface area (Å²) in [5.41, 5.74) is 6.43. The number of hydrogen-bond donors (Lipinski definition) is 2. The van der Waals surface area contributed by atoms with Crippen molar-refractivity contribution in [3.8, 4) is 5.75 Å². The van der Waals surface area contributed by atoms with Gasteiger partial charge in [-0.05, 0) is 32.0 Å². The summed E-state index contributed by atoms with van der Waals surface area (Å²) >= 11 is 1.43. The van der Waals surface area contributed by atoms with Crippen LogP contribution < -0.4 is 15.8 Å². The maximum atomic E-state index is 11.6. The molecule has 1 atom stereocenters. The van der Waals surface area contributed by atoms with Crippen molar-refractivity contribution in [2.75, 3.05) is 11.9 Å². The smallest absolute Gasteiger partial charge is 0.227 e. The fourth-order valence-corrected chi connectivity index (χ4v) is 2.59. The van der Waals surface area contributed by atoms with Crippen LogP contribution in [-0.4, -0.2) is 23.5 Å². The van der Waals surface area contributed by atoms with E-state index in [0.717, 1.165) is 16.0 Å². The standard InChI is InChI=1S/C13H17N3O2S.ClH/c1-3-18-9-4-5-10-11(7-9)19-13(15-10)16-12(17)6-8(2)14;/h4-5,7-8H,3,6,14H2,1-2H3,(H,15,16,17);1H. The summed E-state index contributed by atoms with van der Waals surface area (Å²) in [4.78, 5) is 16.0. The van der Waals surface area contributed by atoms with Crippen molar-refractivity contribution < 1.29 is 9.53 Å². The first-order valence-corrected chi connectivity index (χ1v) is 6.99. The molecule has 0 aliphatic rings. The molecule has 20 heavy (non-hydrogen) atoms. The maximum Gasteiger partial charge on any atom is 0.227 e. The fraction of sp³-hybridized carbons (Fsp3) is 0.385. The number of halogens is 1. The molecule has 0 saturated heterocycles. The molecule has 0 fully saturated rings. The minimum Gasteiger partial charge on any atom is -0.494 e. The molecular formula is C13H18ClN3O2S. The van der Waals surface area contributed by atoms with Crippen LogP contribution in [0.25, 0.3) is 10.2 Å². The third kappa shape index (κ3) is 4.33. The van der Waals surface area contributed by atoms with Crippen LogP contribution in [0, 0.1) is 0 Å². The molecule has 1 unspecified atom stereocenters. The molecule has 0 radical (unpaired) electrons. The van der Waals surface area contributed by atoms with Crippen LogP contribution in [0.2, 0.25) is 0 Å². The highest BCUT2D eigenvalue weighted by Gasteiger charge is 2.10. The summed E-state index contributed by atoms with van der Waals surface area (Å²) in [5.74, 6) is 0.700. The summed E-state index contributed by atoms with van der Waals surface area (Å²) in [6.45, 7) is 4.37. The van der Waals surface area contributed by atoms with E-state index in [1.165, 1.54) is 11.3 Å². The Labute approximate surface area is 127 Å². The molecule has 110 valence electrons. The summed E-state index contributed by atoms with van der Waals surface area (Å²) in [5, 5.41) is 3.35. The van der Waals surface area contributed by atoms with Gasteiger partial charge in [-0.3, -0.25) is 4.79 Å². The quantitative estimate of drug-likeness (QED) is 0.889. The van der Waals surface area contributed by atoms with Crippen molar-refractivity contribution in [3.63, 3.8) is 0 Å². The average molecular weight is 316 g/mol. The lowest BCUT2D eigenvalue weighted by Gasteiger charge is -2.03. The van der Waals surface area contributed by atoms with Crippen molar-refractivity contribution in [2.24, 2.45) is 5.73 Å². The molecule has 0 aliphatic carbocycles. The fourth-order valence-electron chi connectivity index (χ4n) is 1.68. The molecule has 5 nitrogen and oxygen atoms in total. The van der Waals surface area contributed by atoms with Crippen LogP contribution in [0.3, 0.4) is 0 Å². The number of benzene rings is 1. The van der Waals surface area contributed by atoms with E-state index in [0.29, 0.717) is 18.2 Å². The predicted molar refractivity (Wildman–Crippen MR) is 84.9 cm³/mol. The van der Waals surface area contributed by atoms with E-state index in [1.54, 1.807) is 6.92 Å². The Hall–Kier alpha value is -1.37. The average Bonchev–Trinajstić information content (AvgIpc) is 2.69. The molecule has 0 spiro atoms. The van der Waals surface area contributed by atoms with Gasteiger partial charge in [0.2, 0.25) is 5.91 Å². The Kier molecular flexibility index (Phi) is 6.19. The third-order valence-electron chi connectivity index (χ3n) is 2.42. The summed E-state index contributed by atoms with van der Waals surface area (Å²) in [7, 11) is 0. The lowest BCUT2D eigenvalue weighted by molar-refractivity contribution is -0.116. The van der Waals surface area contributed by atoms with Gasteiger partial charge in [-0.25, -0.2) is 4.98 Å². The molecule has 1 amide bonds. The Morgan fingerprint density at radius 1 is 1.55 bits per heavy atom. The summed E-state index contributed by atoms with van der Waals surface area (Å²) in [6, 6.07) is 5.54. The first kappa shape index (κ1) is 16.7. The summed E-state index contributed by atoms with van der Waals surface area (Å²) in [6.07, 6.45) is 0.292. The van der Waals surface area contributed by atoms with Crippen LogP contribution in [0.4, 0.5) is 5.13 Å². The van der Waals surface area contributed by atoms with E-state index in [9.17, 15) is 4.79 Å². The highest BCUT2D eigenvalue weighted by molar-refractivity contribution is 7.22. The van der Waals surface area contributed by atoms with E-state index in [-0.39, 0.29) is 24.4 Å². The highest BCUT2D eigenvalue weighted by Crippen LogP contribution is 2.29. The van der Waals surface area contributed by atoms with Gasteiger partial charge >= 0.3 is 0 Å². The zero-order chi connectivity index (χ0) is 13.8. The van der Waals surface area contributed by atoms with Gasteiger partial charge in [-0.15, -0.1) is 12.4 Å². The van der Waals surface area contributed by atoms with Crippen LogP contribution >= 0.6 is 23.7 Å². The number of fused-ring (bicyclic) bond motifs is 1. The second-order valence-electron chi connectivity index (χ2n) is 4.31. The Morgan fingerprint density at radius 2 is 2.30 bits per heavy atom. The number of thiazole rings is 1. The molecule has 0 bridgehead atoms. The van der Waals surface area contributed by atoms with Crippen LogP contribution in [0.15, 0.2) is 18.2 Å². The van der Waals surface area contributed by atoms with E-state index in [4.69, 9.17) is 10.5 Å². The number of amides is 1. The number of nitrogens with one attached hydrogen (secondary N) is 1. The number of carbonyl (C=O) groups excluding carboxylic acids is 1. The van der Waals surface area contributed by atoms with Gasteiger partial charge in [0, 0.05) is 12.5 Å². The number of rotatable bonds is 5. The van der Waals surface area contributed by atoms with Crippen molar-refractivity contribution >= 4 is 45.0 Å². The van der Waals surface area contributed by atoms with Gasteiger partial charge < -0.3 is 15.8 Å². The molecule has 0 aliphatic heterocycles. The normalized spacial score (nSPS) is 11.8. The second-order valence-corrected chi connectivity index (χ2v) is 5.34. The van der Waals surface area contributed by atoms with Gasteiger partial charge in [0.1, 0.15) is 5.75 Å². The Morgan fingerprint density at radius 3 is 2.95 bits per heavy atom. The number of hydrogen-bond acceptors (Lipinski definition) is 5. The Balaban J connectivity index is 0.00000200. The number of ether oxygens (including phenoxy) is 1. The zero-order valence-corrected chi connectivity index (χ0v) is 13.0. The molecule has 1 heterocycles. The van der Waals surface area contributed by atoms with E-state index in [2.05, 4.69) is 10.3 Å². The minimum absolute atomic E-state index is 0. The number of aromatic nitrogens is 1. The van der Waals surface area contributed by atoms with Gasteiger partial charge in [0.15, 0.2) is 5.13 Å². The van der Waals surface area contributed by atoms with Crippen molar-refractivity contribution in [1.82, 2.24) is 4.98 Å². The molecule has 1 aromatic carbocycles. The number of nitrogens with zero attached hydrogens (tertiary/aromatic N) is 1. The highest BCUT2D eigenvalue weighted by atomic mass is 35.5. The lowest BCUT2D eigenvalue weighted by Crippen LogP contribution is -2.23. The van der Waals surface area contributed by atoms with E-state index in [1.807, 2.05) is 25.1 Å². The first-order chi connectivity index (χ1) is 9.08. The predicted octanol–water partition coefficient (Wildman–Crippen LogP) is 2.79. The summed E-state index contributed by atoms with van der Waals surface area (Å²) < 4.78 is 6.42. The van der Waals surface area contributed by atoms with Crippen LogP contribution in [0.5, 0.6) is 5.75 Å².